The molecule has 0 saturated carbocycles. The summed E-state index contributed by atoms with van der Waals surface area (Å²) in [7, 11) is 2.13. The van der Waals surface area contributed by atoms with Gasteiger partial charge in [-0.05, 0) is 62.3 Å². The van der Waals surface area contributed by atoms with Crippen LogP contribution in [0.4, 0.5) is 18.9 Å². The van der Waals surface area contributed by atoms with Gasteiger partial charge >= 0.3 is 5.51 Å². The number of hydrogen-bond donors (Lipinski definition) is 1. The average Bonchev–Trinajstić information content (AvgIpc) is 2.36. The van der Waals surface area contributed by atoms with Crippen LogP contribution in [0, 0.1) is 5.92 Å². The Morgan fingerprint density at radius 3 is 2.38 bits per heavy atom. The van der Waals surface area contributed by atoms with E-state index in [-0.39, 0.29) is 16.7 Å². The number of anilines is 1. The Hall–Kier alpha value is -0.880. The molecular formula is C15H21F3N2S. The number of piperidine rings is 1. The smallest absolute Gasteiger partial charge is 0.382 e. The minimum absolute atomic E-state index is 0.0777. The predicted molar refractivity (Wildman–Crippen MR) is 81.6 cm³/mol. The molecule has 1 aliphatic rings. The fourth-order valence-electron chi connectivity index (χ4n) is 2.71. The Balaban J connectivity index is 1.97. The first-order chi connectivity index (χ1) is 9.74. The number of nitrogens with zero attached hydrogens (tertiary/aromatic N) is 1. The summed E-state index contributed by atoms with van der Waals surface area (Å²) in [6.07, 6.45) is 1.04. The zero-order valence-electron chi connectivity index (χ0n) is 12.4. The lowest BCUT2D eigenvalue weighted by Crippen LogP contribution is -2.48. The highest BCUT2D eigenvalue weighted by Crippen LogP contribution is 2.37. The summed E-state index contributed by atoms with van der Waals surface area (Å²) in [5.41, 5.74) is -3.34. The Morgan fingerprint density at radius 2 is 1.81 bits per heavy atom. The van der Waals surface area contributed by atoms with E-state index in [0.29, 0.717) is 18.0 Å². The van der Waals surface area contributed by atoms with E-state index in [1.807, 2.05) is 0 Å². The molecule has 3 atom stereocenters. The molecule has 0 aromatic heterocycles. The van der Waals surface area contributed by atoms with Crippen molar-refractivity contribution in [3.63, 3.8) is 0 Å². The summed E-state index contributed by atoms with van der Waals surface area (Å²) in [6, 6.07) is 7.36. The summed E-state index contributed by atoms with van der Waals surface area (Å²) in [5.74, 6) is 0.510. The molecule has 1 aromatic carbocycles. The Bertz CT molecular complexity index is 461. The van der Waals surface area contributed by atoms with Crippen LogP contribution in [0.1, 0.15) is 20.3 Å². The fourth-order valence-corrected chi connectivity index (χ4v) is 3.25. The molecule has 1 saturated heterocycles. The van der Waals surface area contributed by atoms with Crippen molar-refractivity contribution in [1.29, 1.82) is 0 Å². The van der Waals surface area contributed by atoms with Crippen molar-refractivity contribution >= 4 is 17.4 Å². The highest BCUT2D eigenvalue weighted by atomic mass is 32.2. The molecule has 6 heteroatoms. The second-order valence-electron chi connectivity index (χ2n) is 5.82. The molecule has 2 rings (SSSR count). The van der Waals surface area contributed by atoms with Crippen LogP contribution in [0.15, 0.2) is 29.2 Å². The molecule has 3 unspecified atom stereocenters. The number of nitrogens with one attached hydrogen (secondary N) is 1. The van der Waals surface area contributed by atoms with E-state index < -0.39 is 5.51 Å². The van der Waals surface area contributed by atoms with E-state index in [4.69, 9.17) is 0 Å². The topological polar surface area (TPSA) is 15.3 Å². The summed E-state index contributed by atoms with van der Waals surface area (Å²) in [4.78, 5) is 2.56. The lowest BCUT2D eigenvalue weighted by Gasteiger charge is -2.40. The van der Waals surface area contributed by atoms with E-state index in [1.54, 1.807) is 12.1 Å². The number of benzene rings is 1. The highest BCUT2D eigenvalue weighted by molar-refractivity contribution is 8.00. The largest absolute Gasteiger partial charge is 0.446 e. The minimum atomic E-state index is -4.23. The van der Waals surface area contributed by atoms with Crippen LogP contribution >= 0.6 is 11.8 Å². The summed E-state index contributed by atoms with van der Waals surface area (Å²) in [6.45, 7) is 5.43. The second kappa shape index (κ2) is 6.48. The SMILES string of the molecule is CC1CN(C)C(C)CC1Nc1ccc(SC(F)(F)F)cc1. The third-order valence-corrected chi connectivity index (χ3v) is 4.79. The Morgan fingerprint density at radius 1 is 1.19 bits per heavy atom. The van der Waals surface area contributed by atoms with E-state index >= 15 is 0 Å². The van der Waals surface area contributed by atoms with E-state index in [0.717, 1.165) is 18.7 Å². The van der Waals surface area contributed by atoms with Crippen molar-refractivity contribution in [2.24, 2.45) is 5.92 Å². The molecule has 1 heterocycles. The van der Waals surface area contributed by atoms with E-state index in [1.165, 1.54) is 12.1 Å². The number of rotatable bonds is 3. The average molecular weight is 318 g/mol. The Labute approximate surface area is 128 Å². The van der Waals surface area contributed by atoms with Gasteiger partial charge in [-0.25, -0.2) is 0 Å². The second-order valence-corrected chi connectivity index (χ2v) is 6.96. The van der Waals surface area contributed by atoms with Crippen LogP contribution in [0.2, 0.25) is 0 Å². The molecule has 118 valence electrons. The van der Waals surface area contributed by atoms with Gasteiger partial charge in [0.1, 0.15) is 0 Å². The molecule has 2 nitrogen and oxygen atoms in total. The molecule has 1 N–H and O–H groups in total. The van der Waals surface area contributed by atoms with Crippen LogP contribution in [0.25, 0.3) is 0 Å². The summed E-state index contributed by atoms with van der Waals surface area (Å²) >= 11 is -0.0777. The lowest BCUT2D eigenvalue weighted by atomic mass is 9.89. The van der Waals surface area contributed by atoms with E-state index in [2.05, 4.69) is 31.1 Å². The standard InChI is InChI=1S/C15H21F3N2S/c1-10-9-20(3)11(2)8-14(10)19-12-4-6-13(7-5-12)21-15(16,17)18/h4-7,10-11,14,19H,8-9H2,1-3H3. The maximum absolute atomic E-state index is 12.3. The zero-order valence-corrected chi connectivity index (χ0v) is 13.3. The van der Waals surface area contributed by atoms with Gasteiger partial charge in [0.25, 0.3) is 0 Å². The molecule has 1 fully saturated rings. The molecule has 21 heavy (non-hydrogen) atoms. The number of thioether (sulfide) groups is 1. The van der Waals surface area contributed by atoms with Crippen LogP contribution in [0.3, 0.4) is 0 Å². The number of hydrogen-bond acceptors (Lipinski definition) is 3. The molecule has 0 amide bonds. The van der Waals surface area contributed by atoms with Crippen LogP contribution in [0.5, 0.6) is 0 Å². The normalized spacial score (nSPS) is 27.6. The van der Waals surface area contributed by atoms with E-state index in [9.17, 15) is 13.2 Å². The first-order valence-electron chi connectivity index (χ1n) is 7.07. The first kappa shape index (κ1) is 16.5. The molecular weight excluding hydrogens is 297 g/mol. The van der Waals surface area contributed by atoms with Gasteiger partial charge in [0, 0.05) is 29.2 Å². The monoisotopic (exact) mass is 318 g/mol. The molecule has 0 spiro atoms. The molecule has 0 aliphatic carbocycles. The van der Waals surface area contributed by atoms with Gasteiger partial charge < -0.3 is 10.2 Å². The number of halogens is 3. The first-order valence-corrected chi connectivity index (χ1v) is 7.89. The van der Waals surface area contributed by atoms with Gasteiger partial charge in [0.15, 0.2) is 0 Å². The van der Waals surface area contributed by atoms with Gasteiger partial charge in [0.05, 0.1) is 0 Å². The summed E-state index contributed by atoms with van der Waals surface area (Å²) in [5, 5.41) is 3.45. The molecule has 0 radical (unpaired) electrons. The van der Waals surface area contributed by atoms with Crippen molar-refractivity contribution in [3.8, 4) is 0 Å². The van der Waals surface area contributed by atoms with Gasteiger partial charge in [-0.3, -0.25) is 0 Å². The third kappa shape index (κ3) is 4.81. The summed E-state index contributed by atoms with van der Waals surface area (Å²) < 4.78 is 36.9. The Kier molecular flexibility index (Phi) is 5.09. The van der Waals surface area contributed by atoms with Gasteiger partial charge in [-0.15, -0.1) is 0 Å². The number of alkyl halides is 3. The molecule has 1 aliphatic heterocycles. The third-order valence-electron chi connectivity index (χ3n) is 4.05. The van der Waals surface area contributed by atoms with Crippen molar-refractivity contribution in [3.05, 3.63) is 24.3 Å². The van der Waals surface area contributed by atoms with Crippen molar-refractivity contribution in [1.82, 2.24) is 4.90 Å². The fraction of sp³-hybridized carbons (Fsp3) is 0.600. The lowest BCUT2D eigenvalue weighted by molar-refractivity contribution is -0.0328. The van der Waals surface area contributed by atoms with Crippen molar-refractivity contribution < 1.29 is 13.2 Å². The van der Waals surface area contributed by atoms with Gasteiger partial charge in [-0.1, -0.05) is 6.92 Å². The van der Waals surface area contributed by atoms with Crippen molar-refractivity contribution in [2.45, 2.75) is 42.8 Å². The predicted octanol–water partition coefficient (Wildman–Crippen LogP) is 4.44. The quantitative estimate of drug-likeness (QED) is 0.830. The van der Waals surface area contributed by atoms with Crippen LogP contribution in [-0.4, -0.2) is 36.1 Å². The highest BCUT2D eigenvalue weighted by Gasteiger charge is 2.30. The molecule has 0 bridgehead atoms. The minimum Gasteiger partial charge on any atom is -0.382 e. The maximum Gasteiger partial charge on any atom is 0.446 e. The van der Waals surface area contributed by atoms with Crippen molar-refractivity contribution in [2.75, 3.05) is 18.9 Å². The van der Waals surface area contributed by atoms with Crippen LogP contribution in [-0.2, 0) is 0 Å². The van der Waals surface area contributed by atoms with Gasteiger partial charge in [-0.2, -0.15) is 13.2 Å². The van der Waals surface area contributed by atoms with Crippen LogP contribution < -0.4 is 5.32 Å². The number of likely N-dealkylation sites (tertiary alicyclic amines) is 1. The maximum atomic E-state index is 12.3. The molecule has 1 aromatic rings. The zero-order chi connectivity index (χ0) is 15.6. The van der Waals surface area contributed by atoms with Gasteiger partial charge in [0.2, 0.25) is 0 Å².